The van der Waals surface area contributed by atoms with Crippen molar-refractivity contribution >= 4 is 29.1 Å². The Morgan fingerprint density at radius 3 is 2.72 bits per heavy atom. The molecule has 0 radical (unpaired) electrons. The molecule has 2 N–H and O–H groups in total. The fraction of sp³-hybridized carbons (Fsp3) is 0.500. The summed E-state index contributed by atoms with van der Waals surface area (Å²) in [6.07, 6.45) is -5.65. The lowest BCUT2D eigenvalue weighted by molar-refractivity contribution is -0.154. The molecule has 1 aromatic rings. The smallest absolute Gasteiger partial charge is 0.385 e. The van der Waals surface area contributed by atoms with Crippen LogP contribution in [0.2, 0.25) is 5.02 Å². The molecule has 138 valence electrons. The van der Waals surface area contributed by atoms with Crippen LogP contribution in [0.1, 0.15) is 30.1 Å². The van der Waals surface area contributed by atoms with Crippen LogP contribution in [-0.2, 0) is 4.79 Å². The van der Waals surface area contributed by atoms with Crippen molar-refractivity contribution in [3.05, 3.63) is 28.8 Å². The monoisotopic (exact) mass is 377 g/mol. The maximum atomic E-state index is 12.7. The Bertz CT molecular complexity index is 652. The SMILES string of the molecule is CCNc1ccc(Cl)cc1C(=O)N1CCC(NC(=O)CC(F)(F)F)C1. The van der Waals surface area contributed by atoms with Gasteiger partial charge in [-0.3, -0.25) is 9.59 Å². The van der Waals surface area contributed by atoms with E-state index in [1.54, 1.807) is 18.2 Å². The summed E-state index contributed by atoms with van der Waals surface area (Å²) in [6.45, 7) is 3.04. The van der Waals surface area contributed by atoms with Gasteiger partial charge in [-0.1, -0.05) is 11.6 Å². The number of nitrogens with zero attached hydrogens (tertiary/aromatic N) is 1. The molecule has 2 rings (SSSR count). The lowest BCUT2D eigenvalue weighted by Gasteiger charge is -2.19. The largest absolute Gasteiger partial charge is 0.397 e. The third kappa shape index (κ3) is 5.52. The summed E-state index contributed by atoms with van der Waals surface area (Å²) in [7, 11) is 0. The number of carbonyl (C=O) groups is 2. The number of anilines is 1. The van der Waals surface area contributed by atoms with Gasteiger partial charge < -0.3 is 15.5 Å². The fourth-order valence-corrected chi connectivity index (χ4v) is 2.90. The molecule has 9 heteroatoms. The lowest BCUT2D eigenvalue weighted by Crippen LogP contribution is -2.40. The number of hydrogen-bond donors (Lipinski definition) is 2. The first-order valence-electron chi connectivity index (χ1n) is 7.88. The van der Waals surface area contributed by atoms with Crippen molar-refractivity contribution in [3.63, 3.8) is 0 Å². The zero-order valence-corrected chi connectivity index (χ0v) is 14.4. The third-order valence-corrected chi connectivity index (χ3v) is 4.02. The van der Waals surface area contributed by atoms with Crippen molar-refractivity contribution in [2.75, 3.05) is 25.0 Å². The van der Waals surface area contributed by atoms with Crippen LogP contribution >= 0.6 is 11.6 Å². The van der Waals surface area contributed by atoms with Crippen LogP contribution in [0.3, 0.4) is 0 Å². The fourth-order valence-electron chi connectivity index (χ4n) is 2.73. The highest BCUT2D eigenvalue weighted by Crippen LogP contribution is 2.24. The van der Waals surface area contributed by atoms with Crippen molar-refractivity contribution in [2.24, 2.45) is 0 Å². The molecule has 1 heterocycles. The van der Waals surface area contributed by atoms with E-state index >= 15 is 0 Å². The van der Waals surface area contributed by atoms with Crippen LogP contribution in [0, 0.1) is 0 Å². The Labute approximate surface area is 148 Å². The number of benzene rings is 1. The second kappa shape index (κ2) is 7.95. The molecule has 0 bridgehead atoms. The van der Waals surface area contributed by atoms with Gasteiger partial charge in [0.15, 0.2) is 0 Å². The summed E-state index contributed by atoms with van der Waals surface area (Å²) in [6, 6.07) is 4.44. The van der Waals surface area contributed by atoms with Gasteiger partial charge in [-0.2, -0.15) is 13.2 Å². The Hall–Kier alpha value is -1.96. The van der Waals surface area contributed by atoms with Gasteiger partial charge in [-0.15, -0.1) is 0 Å². The number of alkyl halides is 3. The highest BCUT2D eigenvalue weighted by Gasteiger charge is 2.34. The zero-order valence-electron chi connectivity index (χ0n) is 13.6. The molecule has 1 aliphatic heterocycles. The van der Waals surface area contributed by atoms with Crippen LogP contribution in [0.4, 0.5) is 18.9 Å². The van der Waals surface area contributed by atoms with Gasteiger partial charge in [0.05, 0.1) is 5.56 Å². The van der Waals surface area contributed by atoms with Gasteiger partial charge >= 0.3 is 6.18 Å². The number of halogens is 4. The number of carbonyl (C=O) groups excluding carboxylic acids is 2. The minimum Gasteiger partial charge on any atom is -0.385 e. The Balaban J connectivity index is 2.01. The van der Waals surface area contributed by atoms with E-state index in [4.69, 9.17) is 11.6 Å². The molecule has 1 aromatic carbocycles. The Kier molecular flexibility index (Phi) is 6.16. The molecular weight excluding hydrogens is 359 g/mol. The molecule has 5 nitrogen and oxygen atoms in total. The summed E-state index contributed by atoms with van der Waals surface area (Å²) >= 11 is 5.96. The molecule has 0 aromatic heterocycles. The average Bonchev–Trinajstić information content (AvgIpc) is 2.95. The van der Waals surface area contributed by atoms with Gasteiger partial charge in [0.25, 0.3) is 5.91 Å². The van der Waals surface area contributed by atoms with Gasteiger partial charge in [-0.05, 0) is 31.5 Å². The summed E-state index contributed by atoms with van der Waals surface area (Å²) in [5.41, 5.74) is 1.04. The molecule has 0 spiro atoms. The third-order valence-electron chi connectivity index (χ3n) is 3.78. The first-order valence-corrected chi connectivity index (χ1v) is 8.26. The molecule has 1 saturated heterocycles. The number of likely N-dealkylation sites (tertiary alicyclic amines) is 1. The number of hydrogen-bond acceptors (Lipinski definition) is 3. The van der Waals surface area contributed by atoms with E-state index in [1.165, 1.54) is 4.90 Å². The van der Waals surface area contributed by atoms with Crippen LogP contribution in [0.25, 0.3) is 0 Å². The molecule has 0 saturated carbocycles. The van der Waals surface area contributed by atoms with Crippen LogP contribution in [0.15, 0.2) is 18.2 Å². The molecule has 0 aliphatic carbocycles. The molecular formula is C16H19ClF3N3O2. The maximum Gasteiger partial charge on any atom is 0.397 e. The van der Waals surface area contributed by atoms with E-state index in [2.05, 4.69) is 10.6 Å². The number of rotatable bonds is 5. The molecule has 1 fully saturated rings. The highest BCUT2D eigenvalue weighted by atomic mass is 35.5. The van der Waals surface area contributed by atoms with Crippen molar-refractivity contribution < 1.29 is 22.8 Å². The van der Waals surface area contributed by atoms with E-state index in [0.29, 0.717) is 35.8 Å². The topological polar surface area (TPSA) is 61.4 Å². The van der Waals surface area contributed by atoms with Crippen molar-refractivity contribution in [2.45, 2.75) is 32.0 Å². The highest BCUT2D eigenvalue weighted by molar-refractivity contribution is 6.31. The number of amides is 2. The van der Waals surface area contributed by atoms with Gasteiger partial charge in [-0.25, -0.2) is 0 Å². The van der Waals surface area contributed by atoms with Gasteiger partial charge in [0, 0.05) is 36.4 Å². The van der Waals surface area contributed by atoms with Gasteiger partial charge in [0.1, 0.15) is 6.42 Å². The quantitative estimate of drug-likeness (QED) is 0.829. The zero-order chi connectivity index (χ0) is 18.6. The van der Waals surface area contributed by atoms with Gasteiger partial charge in [0.2, 0.25) is 5.91 Å². The predicted molar refractivity (Wildman–Crippen MR) is 88.7 cm³/mol. The van der Waals surface area contributed by atoms with Crippen LogP contribution < -0.4 is 10.6 Å². The van der Waals surface area contributed by atoms with E-state index < -0.39 is 24.5 Å². The number of nitrogens with one attached hydrogen (secondary N) is 2. The standard InChI is InChI=1S/C16H19ClF3N3O2/c1-2-21-13-4-3-10(17)7-12(13)15(25)23-6-5-11(9-23)22-14(24)8-16(18,19)20/h3-4,7,11,21H,2,5-6,8-9H2,1H3,(H,22,24). The normalized spacial score (nSPS) is 17.5. The molecule has 1 unspecified atom stereocenters. The van der Waals surface area contributed by atoms with E-state index in [0.717, 1.165) is 0 Å². The van der Waals surface area contributed by atoms with Crippen LogP contribution in [-0.4, -0.2) is 48.6 Å². The Morgan fingerprint density at radius 2 is 2.08 bits per heavy atom. The van der Waals surface area contributed by atoms with Crippen molar-refractivity contribution in [3.8, 4) is 0 Å². The van der Waals surface area contributed by atoms with E-state index in [9.17, 15) is 22.8 Å². The second-order valence-electron chi connectivity index (χ2n) is 5.82. The summed E-state index contributed by atoms with van der Waals surface area (Å²) < 4.78 is 36.6. The first kappa shape index (κ1) is 19.4. The molecule has 1 atom stereocenters. The van der Waals surface area contributed by atoms with Crippen molar-refractivity contribution in [1.29, 1.82) is 0 Å². The lowest BCUT2D eigenvalue weighted by atomic mass is 10.1. The minimum absolute atomic E-state index is 0.167. The predicted octanol–water partition coefficient (Wildman–Crippen LogP) is 3.05. The van der Waals surface area contributed by atoms with Crippen molar-refractivity contribution in [1.82, 2.24) is 10.2 Å². The Morgan fingerprint density at radius 1 is 1.36 bits per heavy atom. The second-order valence-corrected chi connectivity index (χ2v) is 6.25. The van der Waals surface area contributed by atoms with E-state index in [-0.39, 0.29) is 12.5 Å². The van der Waals surface area contributed by atoms with E-state index in [1.807, 2.05) is 6.92 Å². The molecule has 25 heavy (non-hydrogen) atoms. The first-order chi connectivity index (χ1) is 11.7. The summed E-state index contributed by atoms with van der Waals surface area (Å²) in [5, 5.41) is 5.82. The van der Waals surface area contributed by atoms with Crippen LogP contribution in [0.5, 0.6) is 0 Å². The molecule has 2 amide bonds. The molecule has 1 aliphatic rings. The average molecular weight is 378 g/mol. The summed E-state index contributed by atoms with van der Waals surface area (Å²) in [4.78, 5) is 25.6. The maximum absolute atomic E-state index is 12.7. The summed E-state index contributed by atoms with van der Waals surface area (Å²) in [5.74, 6) is -1.35. The minimum atomic E-state index is -4.54.